The maximum absolute atomic E-state index is 13.8. The molecule has 4 nitrogen and oxygen atoms in total. The average Bonchev–Trinajstić information content (AvgIpc) is 3.49. The summed E-state index contributed by atoms with van der Waals surface area (Å²) in [5.41, 5.74) is 4.03. The molecule has 2 heterocycles. The van der Waals surface area contributed by atoms with Crippen LogP contribution >= 0.6 is 0 Å². The van der Waals surface area contributed by atoms with E-state index in [1.807, 2.05) is 22.8 Å². The van der Waals surface area contributed by atoms with Crippen molar-refractivity contribution in [3.8, 4) is 16.8 Å². The fourth-order valence-corrected chi connectivity index (χ4v) is 13.4. The molecule has 0 fully saturated rings. The molecular formula is C39H30N2O2SSi. The van der Waals surface area contributed by atoms with Crippen LogP contribution in [-0.2, 0) is 16.3 Å². The van der Waals surface area contributed by atoms with Crippen LogP contribution in [0.3, 0.4) is 0 Å². The number of sulfone groups is 1. The number of nitrogens with zero attached hydrogens (tertiary/aromatic N) is 2. The Kier molecular flexibility index (Phi) is 6.44. The summed E-state index contributed by atoms with van der Waals surface area (Å²) >= 11 is 0. The van der Waals surface area contributed by atoms with E-state index < -0.39 is 17.9 Å². The first-order valence-corrected chi connectivity index (χ1v) is 18.7. The molecule has 0 spiro atoms. The van der Waals surface area contributed by atoms with E-state index in [0.717, 1.165) is 17.0 Å². The highest BCUT2D eigenvalue weighted by molar-refractivity contribution is 7.92. The van der Waals surface area contributed by atoms with Crippen LogP contribution in [0.25, 0.3) is 27.8 Å². The summed E-state index contributed by atoms with van der Waals surface area (Å²) in [6.45, 7) is 2.05. The molecule has 0 amide bonds. The first-order chi connectivity index (χ1) is 22.0. The van der Waals surface area contributed by atoms with Crippen LogP contribution < -0.4 is 20.7 Å². The van der Waals surface area contributed by atoms with E-state index in [4.69, 9.17) is 4.98 Å². The zero-order chi connectivity index (χ0) is 30.6. The molecule has 218 valence electrons. The molecule has 45 heavy (non-hydrogen) atoms. The number of imidazole rings is 1. The summed E-state index contributed by atoms with van der Waals surface area (Å²) in [6, 6.07) is 52.6. The molecule has 0 saturated carbocycles. The number of aryl methyl sites for hydroxylation is 1. The Balaban J connectivity index is 1.31. The molecule has 0 unspecified atom stereocenters. The molecule has 6 heteroatoms. The Bertz CT molecular complexity index is 2200. The maximum atomic E-state index is 13.8. The Morgan fingerprint density at radius 2 is 1.11 bits per heavy atom. The third kappa shape index (κ3) is 4.10. The molecule has 0 N–H and O–H groups in total. The van der Waals surface area contributed by atoms with Gasteiger partial charge in [0.2, 0.25) is 9.84 Å². The predicted molar refractivity (Wildman–Crippen MR) is 185 cm³/mol. The van der Waals surface area contributed by atoms with Crippen LogP contribution in [0.1, 0.15) is 12.7 Å². The lowest BCUT2D eigenvalue weighted by Gasteiger charge is -2.34. The zero-order valence-electron chi connectivity index (χ0n) is 24.8. The van der Waals surface area contributed by atoms with Crippen molar-refractivity contribution in [2.75, 3.05) is 0 Å². The van der Waals surface area contributed by atoms with Gasteiger partial charge < -0.3 is 0 Å². The van der Waals surface area contributed by atoms with Gasteiger partial charge in [0.05, 0.1) is 26.5 Å². The van der Waals surface area contributed by atoms with Gasteiger partial charge in [-0.05, 0) is 56.1 Å². The first-order valence-electron chi connectivity index (χ1n) is 15.2. The SMILES string of the molecule is CCc1nc2cccc3c2n1-c1cc(-c2ccc([Si](c4ccccc4)(c4ccccc4)c4ccccc4)cc2)ccc1S3(=O)=O. The van der Waals surface area contributed by atoms with Crippen LogP contribution in [0.5, 0.6) is 0 Å². The van der Waals surface area contributed by atoms with Crippen molar-refractivity contribution < 1.29 is 8.42 Å². The number of aromatic nitrogens is 2. The molecule has 7 aromatic rings. The molecule has 0 saturated heterocycles. The van der Waals surface area contributed by atoms with Crippen LogP contribution in [-0.4, -0.2) is 26.0 Å². The molecule has 0 aliphatic carbocycles. The van der Waals surface area contributed by atoms with Crippen LogP contribution in [0, 0.1) is 0 Å². The lowest BCUT2D eigenvalue weighted by Crippen LogP contribution is -2.74. The van der Waals surface area contributed by atoms with E-state index in [2.05, 4.69) is 122 Å². The van der Waals surface area contributed by atoms with Gasteiger partial charge in [-0.1, -0.05) is 134 Å². The van der Waals surface area contributed by atoms with E-state index in [9.17, 15) is 8.42 Å². The van der Waals surface area contributed by atoms with E-state index in [-0.39, 0.29) is 0 Å². The van der Waals surface area contributed by atoms with Gasteiger partial charge in [0.1, 0.15) is 5.82 Å². The second kappa shape index (κ2) is 10.5. The molecule has 0 bridgehead atoms. The predicted octanol–water partition coefficient (Wildman–Crippen LogP) is 5.78. The van der Waals surface area contributed by atoms with Crippen molar-refractivity contribution in [3.63, 3.8) is 0 Å². The van der Waals surface area contributed by atoms with E-state index >= 15 is 0 Å². The Labute approximate surface area is 264 Å². The molecular weight excluding hydrogens is 589 g/mol. The first kappa shape index (κ1) is 27.5. The normalized spacial score (nSPS) is 13.4. The third-order valence-corrected chi connectivity index (χ3v) is 15.7. The summed E-state index contributed by atoms with van der Waals surface area (Å²) in [6.07, 6.45) is 0.692. The van der Waals surface area contributed by atoms with Crippen LogP contribution in [0.15, 0.2) is 161 Å². The topological polar surface area (TPSA) is 52.0 Å². The molecule has 0 atom stereocenters. The van der Waals surface area contributed by atoms with Crippen molar-refractivity contribution in [2.45, 2.75) is 23.1 Å². The largest absolute Gasteiger partial charge is 0.294 e. The average molecular weight is 619 g/mol. The zero-order valence-corrected chi connectivity index (χ0v) is 26.6. The summed E-state index contributed by atoms with van der Waals surface area (Å²) in [7, 11) is -6.31. The molecule has 1 aromatic heterocycles. The minimum atomic E-state index is -3.67. The number of benzene rings is 6. The fourth-order valence-electron chi connectivity index (χ4n) is 7.05. The lowest BCUT2D eigenvalue weighted by atomic mass is 10.0. The molecule has 6 aromatic carbocycles. The van der Waals surface area contributed by atoms with Crippen molar-refractivity contribution in [1.29, 1.82) is 0 Å². The van der Waals surface area contributed by atoms with Crippen molar-refractivity contribution >= 4 is 49.7 Å². The highest BCUT2D eigenvalue weighted by Gasteiger charge is 2.41. The number of fused-ring (bicyclic) bond motifs is 2. The van der Waals surface area contributed by atoms with E-state index in [1.54, 1.807) is 18.2 Å². The second-order valence-electron chi connectivity index (χ2n) is 11.5. The number of rotatable bonds is 6. The number of hydrogen-bond acceptors (Lipinski definition) is 3. The molecule has 0 radical (unpaired) electrons. The lowest BCUT2D eigenvalue weighted by molar-refractivity contribution is 0.594. The molecule has 1 aliphatic rings. The van der Waals surface area contributed by atoms with Crippen molar-refractivity contribution in [3.05, 3.63) is 157 Å². The van der Waals surface area contributed by atoms with Gasteiger partial charge in [-0.15, -0.1) is 0 Å². The molecule has 8 rings (SSSR count). The Hall–Kier alpha value is -5.04. The number of para-hydroxylation sites is 1. The van der Waals surface area contributed by atoms with E-state index in [1.165, 1.54) is 20.7 Å². The second-order valence-corrected chi connectivity index (χ2v) is 17.1. The highest BCUT2D eigenvalue weighted by atomic mass is 32.2. The molecule has 1 aliphatic heterocycles. The highest BCUT2D eigenvalue weighted by Crippen LogP contribution is 2.40. The maximum Gasteiger partial charge on any atom is 0.210 e. The Morgan fingerprint density at radius 3 is 1.67 bits per heavy atom. The van der Waals surface area contributed by atoms with Crippen molar-refractivity contribution in [1.82, 2.24) is 9.55 Å². The van der Waals surface area contributed by atoms with Gasteiger partial charge >= 0.3 is 0 Å². The third-order valence-electron chi connectivity index (χ3n) is 9.08. The van der Waals surface area contributed by atoms with Gasteiger partial charge in [-0.3, -0.25) is 4.57 Å². The van der Waals surface area contributed by atoms with Crippen LogP contribution in [0.4, 0.5) is 0 Å². The number of hydrogen-bond donors (Lipinski definition) is 0. The smallest absolute Gasteiger partial charge is 0.210 e. The Morgan fingerprint density at radius 1 is 0.578 bits per heavy atom. The van der Waals surface area contributed by atoms with Gasteiger partial charge in [-0.25, -0.2) is 13.4 Å². The summed E-state index contributed by atoms with van der Waals surface area (Å²) in [5, 5.41) is 5.26. The fraction of sp³-hybridized carbons (Fsp3) is 0.0513. The summed E-state index contributed by atoms with van der Waals surface area (Å²) in [4.78, 5) is 5.44. The van der Waals surface area contributed by atoms with Crippen molar-refractivity contribution in [2.24, 2.45) is 0 Å². The van der Waals surface area contributed by atoms with Crippen LogP contribution in [0.2, 0.25) is 0 Å². The van der Waals surface area contributed by atoms with E-state index in [0.29, 0.717) is 32.9 Å². The summed E-state index contributed by atoms with van der Waals surface area (Å²) in [5.74, 6) is 0.852. The minimum absolute atomic E-state index is 0.319. The van der Waals surface area contributed by atoms with Gasteiger partial charge in [0.15, 0.2) is 8.07 Å². The standard InChI is InChI=1S/C39H30N2O2SSi/c1-2-38-40-34-19-12-20-37-39(34)41(38)35-27-29(23-26-36(35)44(37,42)43)28-21-24-33(25-22-28)45(30-13-6-3-7-14-30,31-15-8-4-9-16-31)32-17-10-5-11-18-32/h3-27H,2H2,1H3. The van der Waals surface area contributed by atoms with Gasteiger partial charge in [0.25, 0.3) is 0 Å². The van der Waals surface area contributed by atoms with Gasteiger partial charge in [-0.2, -0.15) is 0 Å². The quantitative estimate of drug-likeness (QED) is 0.176. The minimum Gasteiger partial charge on any atom is -0.294 e. The monoisotopic (exact) mass is 618 g/mol. The van der Waals surface area contributed by atoms with Gasteiger partial charge in [0, 0.05) is 6.42 Å². The summed E-state index contributed by atoms with van der Waals surface area (Å²) < 4.78 is 29.5.